The number of rotatable bonds is 5. The minimum Gasteiger partial charge on any atom is -0.379 e. The van der Waals surface area contributed by atoms with Gasteiger partial charge in [-0.1, -0.05) is 0 Å². The Bertz CT molecular complexity index is 1000. The van der Waals surface area contributed by atoms with Gasteiger partial charge in [0.25, 0.3) is 0 Å². The van der Waals surface area contributed by atoms with E-state index in [1.807, 2.05) is 11.0 Å². The highest BCUT2D eigenvalue weighted by molar-refractivity contribution is 7.89. The molecule has 0 saturated carbocycles. The molecule has 1 unspecified atom stereocenters. The fourth-order valence-corrected chi connectivity index (χ4v) is 3.39. The molecule has 1 aromatic heterocycles. The van der Waals surface area contributed by atoms with Crippen molar-refractivity contribution in [2.24, 2.45) is 5.14 Å². The maximum absolute atomic E-state index is 12.7. The van der Waals surface area contributed by atoms with Crippen LogP contribution in [0, 0.1) is 11.3 Å². The average molecular weight is 404 g/mol. The van der Waals surface area contributed by atoms with Gasteiger partial charge in [0.05, 0.1) is 36.0 Å². The number of nitrogens with one attached hydrogen (secondary N) is 1. The number of sulfonamides is 1. The van der Waals surface area contributed by atoms with E-state index in [0.29, 0.717) is 32.0 Å². The van der Waals surface area contributed by atoms with Crippen molar-refractivity contribution in [3.8, 4) is 11.8 Å². The molecule has 0 spiro atoms. The fraction of sp³-hybridized carbons (Fsp3) is 0.353. The molecule has 1 saturated heterocycles. The summed E-state index contributed by atoms with van der Waals surface area (Å²) < 4.78 is 29.5. The summed E-state index contributed by atoms with van der Waals surface area (Å²) in [5.41, 5.74) is 0.668. The summed E-state index contributed by atoms with van der Waals surface area (Å²) in [6.07, 6.45) is 1.34. The largest absolute Gasteiger partial charge is 0.379 e. The fourth-order valence-electron chi connectivity index (χ4n) is 2.88. The molecule has 1 aliphatic rings. The van der Waals surface area contributed by atoms with E-state index in [2.05, 4.69) is 10.4 Å². The maximum Gasteiger partial charge on any atom is 0.242 e. The summed E-state index contributed by atoms with van der Waals surface area (Å²) in [6.45, 7) is 4.21. The van der Waals surface area contributed by atoms with Gasteiger partial charge in [-0.3, -0.25) is 9.69 Å². The Morgan fingerprint density at radius 2 is 1.96 bits per heavy atom. The van der Waals surface area contributed by atoms with Crippen molar-refractivity contribution < 1.29 is 17.9 Å². The van der Waals surface area contributed by atoms with Gasteiger partial charge in [0.15, 0.2) is 5.82 Å². The average Bonchev–Trinajstić information content (AvgIpc) is 3.10. The van der Waals surface area contributed by atoms with E-state index in [-0.39, 0.29) is 22.2 Å². The number of morpholine rings is 1. The maximum atomic E-state index is 12.7. The Kier molecular flexibility index (Phi) is 5.76. The molecular formula is C17H20N6O4S. The first-order chi connectivity index (χ1) is 13.3. The summed E-state index contributed by atoms with van der Waals surface area (Å²) in [7, 11) is -3.82. The highest BCUT2D eigenvalue weighted by Gasteiger charge is 2.25. The van der Waals surface area contributed by atoms with Crippen LogP contribution < -0.4 is 10.5 Å². The summed E-state index contributed by atoms with van der Waals surface area (Å²) in [5, 5.41) is 21.4. The Hall–Kier alpha value is -2.78. The molecule has 1 atom stereocenters. The Labute approximate surface area is 162 Å². The normalized spacial score (nSPS) is 16.3. The number of benzene rings is 1. The first-order valence-electron chi connectivity index (χ1n) is 8.55. The standard InChI is InChI=1S/C17H20N6O4S/c1-12(22-6-8-27-9-7-22)17(24)21-16-13(10-18)11-20-23(16)14-2-4-15(5-3-14)28(19,25)26/h2-5,11-12H,6-9H2,1H3,(H,21,24)(H2,19,25,26). The zero-order chi connectivity index (χ0) is 20.3. The number of amides is 1. The van der Waals surface area contributed by atoms with Crippen LogP contribution in [0.3, 0.4) is 0 Å². The number of nitriles is 1. The lowest BCUT2D eigenvalue weighted by atomic mass is 10.2. The Balaban J connectivity index is 1.86. The SMILES string of the molecule is CC(C(=O)Nc1c(C#N)cnn1-c1ccc(S(N)(=O)=O)cc1)N1CCOCC1. The molecule has 3 N–H and O–H groups in total. The van der Waals surface area contributed by atoms with E-state index in [0.717, 1.165) is 0 Å². The predicted octanol–water partition coefficient (Wildman–Crippen LogP) is 0.0506. The number of carbonyl (C=O) groups is 1. The number of carbonyl (C=O) groups excluding carboxylic acids is 1. The molecule has 10 nitrogen and oxygen atoms in total. The van der Waals surface area contributed by atoms with E-state index < -0.39 is 16.1 Å². The molecule has 0 radical (unpaired) electrons. The summed E-state index contributed by atoms with van der Waals surface area (Å²) in [5.74, 6) is -0.0581. The van der Waals surface area contributed by atoms with Gasteiger partial charge in [0.2, 0.25) is 15.9 Å². The van der Waals surface area contributed by atoms with Crippen molar-refractivity contribution in [1.82, 2.24) is 14.7 Å². The van der Waals surface area contributed by atoms with Gasteiger partial charge in [-0.25, -0.2) is 18.2 Å². The first kappa shape index (κ1) is 20.0. The van der Waals surface area contributed by atoms with Crippen LogP contribution in [0.1, 0.15) is 12.5 Å². The molecule has 1 amide bonds. The molecule has 1 fully saturated rings. The third-order valence-electron chi connectivity index (χ3n) is 4.51. The van der Waals surface area contributed by atoms with Gasteiger partial charge in [0.1, 0.15) is 11.6 Å². The van der Waals surface area contributed by atoms with Crippen LogP contribution in [-0.2, 0) is 19.6 Å². The second-order valence-electron chi connectivity index (χ2n) is 6.28. The second-order valence-corrected chi connectivity index (χ2v) is 7.84. The van der Waals surface area contributed by atoms with Crippen LogP contribution in [0.2, 0.25) is 0 Å². The third kappa shape index (κ3) is 4.20. The van der Waals surface area contributed by atoms with Crippen LogP contribution >= 0.6 is 0 Å². The molecule has 1 aliphatic heterocycles. The zero-order valence-corrected chi connectivity index (χ0v) is 16.0. The van der Waals surface area contributed by atoms with Gasteiger partial charge in [-0.2, -0.15) is 10.4 Å². The number of primary sulfonamides is 1. The number of nitrogens with two attached hydrogens (primary N) is 1. The Morgan fingerprint density at radius 1 is 1.32 bits per heavy atom. The summed E-state index contributed by atoms with van der Waals surface area (Å²) in [6, 6.07) is 7.24. The van der Waals surface area contributed by atoms with E-state index in [1.54, 1.807) is 6.92 Å². The lowest BCUT2D eigenvalue weighted by molar-refractivity contribution is -0.122. The topological polar surface area (TPSA) is 143 Å². The van der Waals surface area contributed by atoms with Gasteiger partial charge in [-0.15, -0.1) is 0 Å². The molecule has 0 bridgehead atoms. The monoisotopic (exact) mass is 404 g/mol. The van der Waals surface area contributed by atoms with Gasteiger partial charge >= 0.3 is 0 Å². The smallest absolute Gasteiger partial charge is 0.242 e. The molecule has 2 aromatic rings. The minimum absolute atomic E-state index is 0.0459. The molecule has 11 heteroatoms. The van der Waals surface area contributed by atoms with Gasteiger partial charge in [0, 0.05) is 13.1 Å². The highest BCUT2D eigenvalue weighted by Crippen LogP contribution is 2.21. The van der Waals surface area contributed by atoms with E-state index in [9.17, 15) is 18.5 Å². The number of hydrogen-bond donors (Lipinski definition) is 2. The number of aromatic nitrogens is 2. The van der Waals surface area contributed by atoms with Crippen molar-refractivity contribution in [1.29, 1.82) is 5.26 Å². The van der Waals surface area contributed by atoms with E-state index >= 15 is 0 Å². The van der Waals surface area contributed by atoms with Gasteiger partial charge < -0.3 is 10.1 Å². The predicted molar refractivity (Wildman–Crippen MR) is 100 cm³/mol. The second kappa shape index (κ2) is 8.07. The number of hydrogen-bond acceptors (Lipinski definition) is 7. The lowest BCUT2D eigenvalue weighted by Crippen LogP contribution is -2.47. The van der Waals surface area contributed by atoms with E-state index in [4.69, 9.17) is 9.88 Å². The number of anilines is 1. The number of ether oxygens (including phenoxy) is 1. The molecular weight excluding hydrogens is 384 g/mol. The Morgan fingerprint density at radius 3 is 2.54 bits per heavy atom. The minimum atomic E-state index is -3.82. The van der Waals surface area contributed by atoms with Crippen molar-refractivity contribution in [3.63, 3.8) is 0 Å². The van der Waals surface area contributed by atoms with Crippen LogP contribution in [0.15, 0.2) is 35.4 Å². The van der Waals surface area contributed by atoms with Gasteiger partial charge in [-0.05, 0) is 31.2 Å². The molecule has 3 rings (SSSR count). The zero-order valence-electron chi connectivity index (χ0n) is 15.2. The first-order valence-corrected chi connectivity index (χ1v) is 10.1. The van der Waals surface area contributed by atoms with Crippen LogP contribution in [0.5, 0.6) is 0 Å². The van der Waals surface area contributed by atoms with Crippen LogP contribution in [0.25, 0.3) is 5.69 Å². The summed E-state index contributed by atoms with van der Waals surface area (Å²) >= 11 is 0. The molecule has 0 aliphatic carbocycles. The number of nitrogens with zero attached hydrogens (tertiary/aromatic N) is 4. The molecule has 1 aromatic carbocycles. The summed E-state index contributed by atoms with van der Waals surface area (Å²) in [4.78, 5) is 14.7. The van der Waals surface area contributed by atoms with Crippen molar-refractivity contribution in [2.45, 2.75) is 17.9 Å². The van der Waals surface area contributed by atoms with E-state index in [1.165, 1.54) is 35.1 Å². The quantitative estimate of drug-likeness (QED) is 0.716. The van der Waals surface area contributed by atoms with Crippen LogP contribution in [-0.4, -0.2) is 61.4 Å². The molecule has 2 heterocycles. The lowest BCUT2D eigenvalue weighted by Gasteiger charge is -2.31. The van der Waals surface area contributed by atoms with Crippen molar-refractivity contribution >= 4 is 21.7 Å². The van der Waals surface area contributed by atoms with Crippen molar-refractivity contribution in [2.75, 3.05) is 31.6 Å². The van der Waals surface area contributed by atoms with Crippen LogP contribution in [0.4, 0.5) is 5.82 Å². The van der Waals surface area contributed by atoms with Crippen molar-refractivity contribution in [3.05, 3.63) is 36.0 Å². The molecule has 148 valence electrons. The molecule has 28 heavy (non-hydrogen) atoms. The highest BCUT2D eigenvalue weighted by atomic mass is 32.2. The third-order valence-corrected chi connectivity index (χ3v) is 5.44.